The molecule has 0 aromatic carbocycles. The number of methoxy groups -OCH3 is 1. The summed E-state index contributed by atoms with van der Waals surface area (Å²) in [4.78, 5) is 84.4. The summed E-state index contributed by atoms with van der Waals surface area (Å²) in [6.07, 6.45) is -10.6. The third-order valence-electron chi connectivity index (χ3n) is 4.95. The molecule has 1 saturated heterocycles. The van der Waals surface area contributed by atoms with Crippen molar-refractivity contribution in [2.45, 2.75) is 77.0 Å². The summed E-state index contributed by atoms with van der Waals surface area (Å²) in [5.74, 6) is -11.8. The van der Waals surface area contributed by atoms with Crippen LogP contribution in [0.4, 0.5) is 4.39 Å². The fraction of sp³-hybridized carbons (Fsp3) is 0.682. The number of hydrogen-bond donors (Lipinski definition) is 1. The Bertz CT molecular complexity index is 976. The third-order valence-corrected chi connectivity index (χ3v) is 5.19. The number of amides is 1. The zero-order chi connectivity index (χ0) is 30.1. The summed E-state index contributed by atoms with van der Waals surface area (Å²) in [5.41, 5.74) is 0. The van der Waals surface area contributed by atoms with E-state index >= 15 is 4.39 Å². The standard InChI is InChI=1S/C22H29ClFNO14/c1-9(26)34-8-14(35-10(2)27)17(36-11(3)28)18-16(25-15(31)7-23)19(37-12(4)29)20(24)22(39-18,21(32)33-6)38-13(5)30/h14,16-20H,7-8H2,1-6H3,(H,25,31)/t14?,16-,17+,18-,19-,20+,22-/m0/s1. The van der Waals surface area contributed by atoms with Gasteiger partial charge in [-0.2, -0.15) is 0 Å². The van der Waals surface area contributed by atoms with Gasteiger partial charge < -0.3 is 38.5 Å². The van der Waals surface area contributed by atoms with Gasteiger partial charge in [-0.15, -0.1) is 11.6 Å². The molecule has 0 aliphatic carbocycles. The lowest BCUT2D eigenvalue weighted by Gasteiger charge is -2.49. The van der Waals surface area contributed by atoms with E-state index in [-0.39, 0.29) is 0 Å². The van der Waals surface area contributed by atoms with Crippen LogP contribution in [-0.4, -0.2) is 104 Å². The molecule has 0 aromatic rings. The van der Waals surface area contributed by atoms with Gasteiger partial charge in [0.1, 0.15) is 18.6 Å². The summed E-state index contributed by atoms with van der Waals surface area (Å²) in [7, 11) is 0.798. The van der Waals surface area contributed by atoms with Crippen LogP contribution >= 0.6 is 11.6 Å². The molecule has 17 heteroatoms. The van der Waals surface area contributed by atoms with Crippen LogP contribution in [-0.2, 0) is 66.7 Å². The van der Waals surface area contributed by atoms with E-state index in [1.54, 1.807) is 0 Å². The predicted octanol–water partition coefficient (Wildman–Crippen LogP) is -0.762. The van der Waals surface area contributed by atoms with E-state index in [9.17, 15) is 33.6 Å². The molecule has 39 heavy (non-hydrogen) atoms. The van der Waals surface area contributed by atoms with Crippen LogP contribution in [0.2, 0.25) is 0 Å². The van der Waals surface area contributed by atoms with Gasteiger partial charge >= 0.3 is 41.6 Å². The van der Waals surface area contributed by atoms with Gasteiger partial charge in [-0.25, -0.2) is 9.18 Å². The van der Waals surface area contributed by atoms with Crippen molar-refractivity contribution >= 4 is 53.3 Å². The van der Waals surface area contributed by atoms with Gasteiger partial charge in [0.25, 0.3) is 0 Å². The fourth-order valence-electron chi connectivity index (χ4n) is 3.70. The number of carbonyl (C=O) groups is 7. The molecule has 1 aliphatic heterocycles. The first kappa shape index (κ1) is 33.5. The molecule has 15 nitrogen and oxygen atoms in total. The van der Waals surface area contributed by atoms with Gasteiger partial charge in [-0.3, -0.25) is 28.8 Å². The molecule has 1 N–H and O–H groups in total. The Hall–Kier alpha value is -3.53. The molecule has 0 spiro atoms. The molecular weight excluding hydrogens is 557 g/mol. The molecule has 1 amide bonds. The highest BCUT2D eigenvalue weighted by molar-refractivity contribution is 6.27. The summed E-state index contributed by atoms with van der Waals surface area (Å²) in [6.45, 7) is 3.79. The van der Waals surface area contributed by atoms with Gasteiger partial charge in [-0.1, -0.05) is 0 Å². The van der Waals surface area contributed by atoms with E-state index in [0.29, 0.717) is 0 Å². The Morgan fingerprint density at radius 3 is 1.95 bits per heavy atom. The number of alkyl halides is 2. The van der Waals surface area contributed by atoms with Crippen LogP contribution in [0.5, 0.6) is 0 Å². The average Bonchev–Trinajstić information content (AvgIpc) is 2.82. The molecule has 0 radical (unpaired) electrons. The van der Waals surface area contributed by atoms with Crippen LogP contribution in [0, 0.1) is 0 Å². The smallest absolute Gasteiger partial charge is 0.383 e. The molecule has 1 rings (SSSR count). The highest BCUT2D eigenvalue weighted by atomic mass is 35.5. The molecule has 220 valence electrons. The van der Waals surface area contributed by atoms with E-state index in [4.69, 9.17) is 40.0 Å². The quantitative estimate of drug-likeness (QED) is 0.180. The number of carbonyl (C=O) groups excluding carboxylic acids is 7. The fourth-order valence-corrected chi connectivity index (χ4v) is 3.78. The SMILES string of the molecule is COC(=O)[C@@]1(OC(C)=O)O[C@H]([C@H](OC(C)=O)C(COC(C)=O)OC(C)=O)[C@H](NC(=O)CCl)[C@H](OC(C)=O)[C@H]1F. The lowest BCUT2D eigenvalue weighted by molar-refractivity contribution is -0.326. The van der Waals surface area contributed by atoms with Crippen LogP contribution in [0.25, 0.3) is 0 Å². The zero-order valence-electron chi connectivity index (χ0n) is 21.8. The number of ether oxygens (including phenoxy) is 7. The molecule has 1 heterocycles. The van der Waals surface area contributed by atoms with Crippen molar-refractivity contribution in [3.05, 3.63) is 0 Å². The third kappa shape index (κ3) is 9.02. The molecule has 1 unspecified atom stereocenters. The van der Waals surface area contributed by atoms with Crippen molar-refractivity contribution < 1.29 is 71.1 Å². The molecular formula is C22H29ClFNO14. The van der Waals surface area contributed by atoms with Crippen molar-refractivity contribution in [2.24, 2.45) is 0 Å². The van der Waals surface area contributed by atoms with E-state index in [2.05, 4.69) is 10.1 Å². The van der Waals surface area contributed by atoms with Crippen LogP contribution in [0.1, 0.15) is 34.6 Å². The van der Waals surface area contributed by atoms with Crippen molar-refractivity contribution in [1.82, 2.24) is 5.32 Å². The number of hydrogen-bond acceptors (Lipinski definition) is 14. The van der Waals surface area contributed by atoms with E-state index < -0.39 is 96.6 Å². The maximum atomic E-state index is 16.1. The summed E-state index contributed by atoms with van der Waals surface area (Å²) in [6, 6.07) is -1.83. The van der Waals surface area contributed by atoms with Gasteiger partial charge in [-0.05, 0) is 0 Å². The van der Waals surface area contributed by atoms with Crippen molar-refractivity contribution in [3.63, 3.8) is 0 Å². The van der Waals surface area contributed by atoms with E-state index in [1.165, 1.54) is 0 Å². The Kier molecular flexibility index (Phi) is 12.5. The molecule has 7 atom stereocenters. The maximum Gasteiger partial charge on any atom is 0.383 e. The lowest BCUT2D eigenvalue weighted by Crippen LogP contribution is -2.74. The van der Waals surface area contributed by atoms with Crippen LogP contribution < -0.4 is 5.32 Å². The highest BCUT2D eigenvalue weighted by Crippen LogP contribution is 2.39. The molecule has 1 aliphatic rings. The molecule has 0 bridgehead atoms. The minimum atomic E-state index is -3.28. The lowest BCUT2D eigenvalue weighted by atomic mass is 9.86. The van der Waals surface area contributed by atoms with E-state index in [0.717, 1.165) is 41.7 Å². The van der Waals surface area contributed by atoms with Gasteiger partial charge in [0.15, 0.2) is 18.3 Å². The van der Waals surface area contributed by atoms with Gasteiger partial charge in [0, 0.05) is 34.6 Å². The number of nitrogens with one attached hydrogen (secondary N) is 1. The predicted molar refractivity (Wildman–Crippen MR) is 122 cm³/mol. The Balaban J connectivity index is 3.97. The zero-order valence-corrected chi connectivity index (χ0v) is 22.6. The summed E-state index contributed by atoms with van der Waals surface area (Å²) >= 11 is 5.58. The Labute approximate surface area is 226 Å². The van der Waals surface area contributed by atoms with E-state index in [1.807, 2.05) is 0 Å². The number of esters is 6. The maximum absolute atomic E-state index is 16.1. The Morgan fingerprint density at radius 1 is 0.923 bits per heavy atom. The molecule has 0 saturated carbocycles. The van der Waals surface area contributed by atoms with Crippen molar-refractivity contribution in [1.29, 1.82) is 0 Å². The largest absolute Gasteiger partial charge is 0.464 e. The normalized spacial score (nSPS) is 25.6. The van der Waals surface area contributed by atoms with Gasteiger partial charge in [0.05, 0.1) is 13.2 Å². The molecule has 1 fully saturated rings. The minimum Gasteiger partial charge on any atom is -0.464 e. The topological polar surface area (TPSA) is 196 Å². The first-order valence-corrected chi connectivity index (χ1v) is 11.7. The minimum absolute atomic E-state index is 0.696. The first-order valence-electron chi connectivity index (χ1n) is 11.2. The van der Waals surface area contributed by atoms with Crippen molar-refractivity contribution in [2.75, 3.05) is 19.6 Å². The summed E-state index contributed by atoms with van der Waals surface area (Å²) in [5, 5.41) is 2.23. The number of halogens is 2. The second-order valence-corrected chi connectivity index (χ2v) is 8.33. The highest BCUT2D eigenvalue weighted by Gasteiger charge is 2.67. The monoisotopic (exact) mass is 585 g/mol. The average molecular weight is 586 g/mol. The van der Waals surface area contributed by atoms with Crippen LogP contribution in [0.3, 0.4) is 0 Å². The second-order valence-electron chi connectivity index (χ2n) is 8.06. The second kappa shape index (κ2) is 14.6. The molecule has 0 aromatic heterocycles. The van der Waals surface area contributed by atoms with Crippen LogP contribution in [0.15, 0.2) is 0 Å². The van der Waals surface area contributed by atoms with Gasteiger partial charge in [0.2, 0.25) is 12.1 Å². The summed E-state index contributed by atoms with van der Waals surface area (Å²) < 4.78 is 51.5. The Morgan fingerprint density at radius 2 is 1.51 bits per heavy atom. The first-order chi connectivity index (χ1) is 18.1. The van der Waals surface area contributed by atoms with Crippen molar-refractivity contribution in [3.8, 4) is 0 Å². The number of rotatable bonds is 11.